The summed E-state index contributed by atoms with van der Waals surface area (Å²) in [6.45, 7) is 4.20. The third kappa shape index (κ3) is 3.34. The molecule has 0 fully saturated rings. The second-order valence-electron chi connectivity index (χ2n) is 4.33. The summed E-state index contributed by atoms with van der Waals surface area (Å²) in [5.74, 6) is 0.0393. The van der Waals surface area contributed by atoms with E-state index in [1.54, 1.807) is 6.07 Å². The number of rotatable bonds is 4. The lowest BCUT2D eigenvalue weighted by atomic mass is 9.98. The van der Waals surface area contributed by atoms with Crippen LogP contribution >= 0.6 is 23.2 Å². The Morgan fingerprint density at radius 3 is 2.31 bits per heavy atom. The fourth-order valence-corrected chi connectivity index (χ4v) is 1.99. The topological polar surface area (TPSA) is 26.0 Å². The third-order valence-electron chi connectivity index (χ3n) is 2.51. The third-order valence-corrected chi connectivity index (χ3v) is 3.13. The minimum Gasteiger partial charge on any atom is -0.324 e. The molecule has 0 saturated heterocycles. The van der Waals surface area contributed by atoms with Gasteiger partial charge in [-0.05, 0) is 30.9 Å². The lowest BCUT2D eigenvalue weighted by Gasteiger charge is -2.16. The first-order valence-electron chi connectivity index (χ1n) is 5.32. The maximum Gasteiger partial charge on any atom is 0.148 e. The SMILES string of the molecule is CC(C)CC[C@@H](N)c1c(Cl)ccc(Cl)c1F. The molecule has 0 radical (unpaired) electrons. The van der Waals surface area contributed by atoms with E-state index in [4.69, 9.17) is 28.9 Å². The highest BCUT2D eigenvalue weighted by molar-refractivity contribution is 6.33. The molecule has 4 heteroatoms. The molecule has 0 bridgehead atoms. The minimum absolute atomic E-state index is 0.0689. The molecule has 0 aliphatic carbocycles. The van der Waals surface area contributed by atoms with Crippen LogP contribution in [0.1, 0.15) is 38.3 Å². The molecule has 90 valence electrons. The summed E-state index contributed by atoms with van der Waals surface area (Å²) < 4.78 is 13.7. The average Bonchev–Trinajstić information content (AvgIpc) is 2.21. The number of halogens is 3. The molecule has 0 spiro atoms. The van der Waals surface area contributed by atoms with Gasteiger partial charge in [-0.1, -0.05) is 37.0 Å². The zero-order chi connectivity index (χ0) is 12.3. The number of hydrogen-bond donors (Lipinski definition) is 1. The van der Waals surface area contributed by atoms with Gasteiger partial charge in [-0.2, -0.15) is 0 Å². The molecule has 2 N–H and O–H groups in total. The molecular formula is C12H16Cl2FN. The first-order chi connectivity index (χ1) is 7.43. The summed E-state index contributed by atoms with van der Waals surface area (Å²) >= 11 is 11.6. The van der Waals surface area contributed by atoms with E-state index in [9.17, 15) is 4.39 Å². The second kappa shape index (κ2) is 5.85. The van der Waals surface area contributed by atoms with Gasteiger partial charge in [0.1, 0.15) is 5.82 Å². The molecule has 1 atom stereocenters. The Kier molecular flexibility index (Phi) is 5.03. The highest BCUT2D eigenvalue weighted by Gasteiger charge is 2.18. The van der Waals surface area contributed by atoms with Gasteiger partial charge in [0.25, 0.3) is 0 Å². The van der Waals surface area contributed by atoms with Gasteiger partial charge in [0.2, 0.25) is 0 Å². The van der Waals surface area contributed by atoms with Crippen molar-refractivity contribution in [1.29, 1.82) is 0 Å². The lowest BCUT2D eigenvalue weighted by molar-refractivity contribution is 0.491. The van der Waals surface area contributed by atoms with Crippen LogP contribution in [0.15, 0.2) is 12.1 Å². The molecule has 1 aromatic rings. The van der Waals surface area contributed by atoms with Gasteiger partial charge < -0.3 is 5.73 Å². The van der Waals surface area contributed by atoms with Crippen LogP contribution in [0.3, 0.4) is 0 Å². The van der Waals surface area contributed by atoms with Crippen molar-refractivity contribution in [1.82, 2.24) is 0 Å². The Bertz CT molecular complexity index is 366. The standard InChI is InChI=1S/C12H16Cl2FN/c1-7(2)3-6-10(16)11-8(13)4-5-9(14)12(11)15/h4-5,7,10H,3,6,16H2,1-2H3/t10-/m1/s1. The Balaban J connectivity index is 2.90. The first kappa shape index (κ1) is 13.8. The average molecular weight is 264 g/mol. The molecule has 16 heavy (non-hydrogen) atoms. The molecule has 1 aromatic carbocycles. The van der Waals surface area contributed by atoms with Crippen LogP contribution in [0.5, 0.6) is 0 Å². The summed E-state index contributed by atoms with van der Waals surface area (Å²) in [4.78, 5) is 0. The van der Waals surface area contributed by atoms with Crippen LogP contribution in [-0.2, 0) is 0 Å². The highest BCUT2D eigenvalue weighted by Crippen LogP contribution is 2.31. The molecule has 0 saturated carbocycles. The maximum atomic E-state index is 13.7. The van der Waals surface area contributed by atoms with Gasteiger partial charge in [0.15, 0.2) is 0 Å². The normalized spacial score (nSPS) is 13.2. The molecule has 0 aromatic heterocycles. The summed E-state index contributed by atoms with van der Waals surface area (Å²) in [6.07, 6.45) is 1.64. The molecule has 0 amide bonds. The smallest absolute Gasteiger partial charge is 0.148 e. The fourth-order valence-electron chi connectivity index (χ4n) is 1.54. The minimum atomic E-state index is -0.495. The summed E-state index contributed by atoms with van der Waals surface area (Å²) in [5.41, 5.74) is 6.26. The van der Waals surface area contributed by atoms with E-state index < -0.39 is 11.9 Å². The Hall–Kier alpha value is -0.310. The van der Waals surface area contributed by atoms with Crippen LogP contribution < -0.4 is 5.73 Å². The Labute approximate surface area is 106 Å². The zero-order valence-corrected chi connectivity index (χ0v) is 10.9. The largest absolute Gasteiger partial charge is 0.324 e. The molecule has 1 rings (SSSR count). The van der Waals surface area contributed by atoms with E-state index in [0.29, 0.717) is 22.9 Å². The number of hydrogen-bond acceptors (Lipinski definition) is 1. The van der Waals surface area contributed by atoms with Crippen molar-refractivity contribution in [2.24, 2.45) is 11.7 Å². The van der Waals surface area contributed by atoms with Gasteiger partial charge >= 0.3 is 0 Å². The van der Waals surface area contributed by atoms with Gasteiger partial charge in [-0.3, -0.25) is 0 Å². The maximum absolute atomic E-state index is 13.7. The van der Waals surface area contributed by atoms with Crippen molar-refractivity contribution in [3.8, 4) is 0 Å². The molecular weight excluding hydrogens is 248 g/mol. The van der Waals surface area contributed by atoms with E-state index in [1.165, 1.54) is 6.07 Å². The van der Waals surface area contributed by atoms with Gasteiger partial charge in [-0.25, -0.2) is 4.39 Å². The van der Waals surface area contributed by atoms with Crippen molar-refractivity contribution < 1.29 is 4.39 Å². The summed E-state index contributed by atoms with van der Waals surface area (Å²) in [6, 6.07) is 2.63. The van der Waals surface area contributed by atoms with Crippen molar-refractivity contribution in [3.05, 3.63) is 33.6 Å². The van der Waals surface area contributed by atoms with E-state index in [2.05, 4.69) is 13.8 Å². The van der Waals surface area contributed by atoms with Crippen molar-refractivity contribution in [2.45, 2.75) is 32.7 Å². The van der Waals surface area contributed by atoms with E-state index in [-0.39, 0.29) is 5.02 Å². The lowest BCUT2D eigenvalue weighted by Crippen LogP contribution is -2.14. The second-order valence-corrected chi connectivity index (χ2v) is 5.15. The predicted octanol–water partition coefficient (Wildman–Crippen LogP) is 4.57. The van der Waals surface area contributed by atoms with Crippen molar-refractivity contribution in [3.63, 3.8) is 0 Å². The van der Waals surface area contributed by atoms with Gasteiger partial charge in [-0.15, -0.1) is 0 Å². The predicted molar refractivity (Wildman–Crippen MR) is 67.4 cm³/mol. The van der Waals surface area contributed by atoms with Crippen LogP contribution in [0.2, 0.25) is 10.0 Å². The first-order valence-corrected chi connectivity index (χ1v) is 6.08. The summed E-state index contributed by atoms with van der Waals surface area (Å²) in [5, 5.41) is 0.414. The summed E-state index contributed by atoms with van der Waals surface area (Å²) in [7, 11) is 0. The molecule has 0 aliphatic heterocycles. The molecule has 0 aliphatic rings. The van der Waals surface area contributed by atoms with Crippen LogP contribution in [0.4, 0.5) is 4.39 Å². The Morgan fingerprint density at radius 1 is 1.19 bits per heavy atom. The van der Waals surface area contributed by atoms with E-state index >= 15 is 0 Å². The molecule has 0 heterocycles. The fraction of sp³-hybridized carbons (Fsp3) is 0.500. The molecule has 1 nitrogen and oxygen atoms in total. The molecule has 0 unspecified atom stereocenters. The van der Waals surface area contributed by atoms with Gasteiger partial charge in [0, 0.05) is 16.6 Å². The highest BCUT2D eigenvalue weighted by atomic mass is 35.5. The quantitative estimate of drug-likeness (QED) is 0.792. The van der Waals surface area contributed by atoms with Crippen LogP contribution in [0, 0.1) is 11.7 Å². The monoisotopic (exact) mass is 263 g/mol. The van der Waals surface area contributed by atoms with Crippen LogP contribution in [-0.4, -0.2) is 0 Å². The zero-order valence-electron chi connectivity index (χ0n) is 9.43. The number of nitrogens with two attached hydrogens (primary N) is 1. The number of benzene rings is 1. The Morgan fingerprint density at radius 2 is 1.75 bits per heavy atom. The van der Waals surface area contributed by atoms with E-state index in [0.717, 1.165) is 6.42 Å². The van der Waals surface area contributed by atoms with Crippen molar-refractivity contribution in [2.75, 3.05) is 0 Å². The van der Waals surface area contributed by atoms with Crippen LogP contribution in [0.25, 0.3) is 0 Å². The van der Waals surface area contributed by atoms with E-state index in [1.807, 2.05) is 0 Å². The van der Waals surface area contributed by atoms with Crippen molar-refractivity contribution >= 4 is 23.2 Å². The van der Waals surface area contributed by atoms with Gasteiger partial charge in [0.05, 0.1) is 5.02 Å².